The third-order valence-electron chi connectivity index (χ3n) is 3.68. The number of β-amino-alcohol motifs (C(OH)–C–C–N with tert-alkyl or cyclic N) is 1. The minimum Gasteiger partial charge on any atom is -0.478 e. The molecule has 116 valence electrons. The van der Waals surface area contributed by atoms with Gasteiger partial charge >= 0.3 is 5.97 Å². The van der Waals surface area contributed by atoms with Gasteiger partial charge < -0.3 is 10.2 Å². The van der Waals surface area contributed by atoms with Gasteiger partial charge in [-0.25, -0.2) is 13.2 Å². The van der Waals surface area contributed by atoms with E-state index in [0.717, 1.165) is 6.07 Å². The van der Waals surface area contributed by atoms with E-state index >= 15 is 0 Å². The van der Waals surface area contributed by atoms with Crippen molar-refractivity contribution in [2.24, 2.45) is 5.92 Å². The molecule has 1 aromatic carbocycles. The number of hydrogen-bond donors (Lipinski definition) is 2. The molecule has 0 saturated carbocycles. The molecule has 0 aliphatic carbocycles. The molecule has 0 aromatic heterocycles. The van der Waals surface area contributed by atoms with Crippen LogP contribution in [0.25, 0.3) is 0 Å². The number of sulfonamides is 1. The van der Waals surface area contributed by atoms with Crippen molar-refractivity contribution in [3.63, 3.8) is 0 Å². The summed E-state index contributed by atoms with van der Waals surface area (Å²) in [7, 11) is -3.84. The largest absolute Gasteiger partial charge is 0.478 e. The van der Waals surface area contributed by atoms with E-state index in [9.17, 15) is 18.3 Å². The van der Waals surface area contributed by atoms with Crippen LogP contribution in [0.3, 0.4) is 0 Å². The van der Waals surface area contributed by atoms with Gasteiger partial charge in [-0.3, -0.25) is 0 Å². The van der Waals surface area contributed by atoms with Crippen molar-refractivity contribution in [3.8, 4) is 0 Å². The Morgan fingerprint density at radius 1 is 1.43 bits per heavy atom. The number of aliphatic hydroxyl groups is 1. The van der Waals surface area contributed by atoms with Gasteiger partial charge in [-0.2, -0.15) is 4.31 Å². The average Bonchev–Trinajstić information content (AvgIpc) is 2.41. The first-order chi connectivity index (χ1) is 9.73. The van der Waals surface area contributed by atoms with E-state index in [-0.39, 0.29) is 22.9 Å². The molecule has 0 bridgehead atoms. The van der Waals surface area contributed by atoms with Crippen LogP contribution in [-0.4, -0.2) is 48.1 Å². The minimum absolute atomic E-state index is 0.0211. The fraction of sp³-hybridized carbons (Fsp3) is 0.462. The van der Waals surface area contributed by atoms with Gasteiger partial charge in [0.1, 0.15) is 0 Å². The van der Waals surface area contributed by atoms with Crippen molar-refractivity contribution < 1.29 is 23.4 Å². The zero-order chi connectivity index (χ0) is 15.8. The highest BCUT2D eigenvalue weighted by Crippen LogP contribution is 2.29. The van der Waals surface area contributed by atoms with E-state index in [0.29, 0.717) is 17.4 Å². The maximum absolute atomic E-state index is 12.6. The molecular formula is C13H16BrNO5S. The van der Waals surface area contributed by atoms with Crippen LogP contribution in [-0.2, 0) is 10.0 Å². The second-order valence-corrected chi connectivity index (χ2v) is 7.91. The molecule has 1 saturated heterocycles. The van der Waals surface area contributed by atoms with Crippen LogP contribution in [0.4, 0.5) is 0 Å². The lowest BCUT2D eigenvalue weighted by atomic mass is 9.98. The zero-order valence-corrected chi connectivity index (χ0v) is 13.8. The topological polar surface area (TPSA) is 94.9 Å². The van der Waals surface area contributed by atoms with Crippen molar-refractivity contribution in [2.45, 2.75) is 24.3 Å². The number of nitrogens with zero attached hydrogens (tertiary/aromatic N) is 1. The SMILES string of the molecule is CC1CCN(S(=O)(=O)c2cc(C(=O)O)ccc2Br)CC1O. The average molecular weight is 378 g/mol. The van der Waals surface area contributed by atoms with Gasteiger partial charge in [-0.15, -0.1) is 0 Å². The summed E-state index contributed by atoms with van der Waals surface area (Å²) in [6.07, 6.45) is -0.147. The smallest absolute Gasteiger partial charge is 0.335 e. The molecule has 0 amide bonds. The number of carbonyl (C=O) groups is 1. The van der Waals surface area contributed by atoms with E-state index in [1.165, 1.54) is 16.4 Å². The summed E-state index contributed by atoms with van der Waals surface area (Å²) < 4.78 is 26.8. The molecule has 6 nitrogen and oxygen atoms in total. The Labute approximate surface area is 131 Å². The lowest BCUT2D eigenvalue weighted by molar-refractivity contribution is 0.0604. The first-order valence-electron chi connectivity index (χ1n) is 6.44. The van der Waals surface area contributed by atoms with Gasteiger partial charge in [0.25, 0.3) is 0 Å². The quantitative estimate of drug-likeness (QED) is 0.832. The Morgan fingerprint density at radius 2 is 2.10 bits per heavy atom. The van der Waals surface area contributed by atoms with Gasteiger partial charge in [0.05, 0.1) is 16.6 Å². The van der Waals surface area contributed by atoms with Crippen molar-refractivity contribution in [2.75, 3.05) is 13.1 Å². The lowest BCUT2D eigenvalue weighted by Gasteiger charge is -2.33. The molecule has 2 atom stereocenters. The number of aliphatic hydroxyl groups excluding tert-OH is 1. The first-order valence-corrected chi connectivity index (χ1v) is 8.68. The van der Waals surface area contributed by atoms with Crippen LogP contribution >= 0.6 is 15.9 Å². The molecule has 1 fully saturated rings. The van der Waals surface area contributed by atoms with Crippen LogP contribution in [0.5, 0.6) is 0 Å². The monoisotopic (exact) mass is 377 g/mol. The van der Waals surface area contributed by atoms with E-state index in [1.54, 1.807) is 0 Å². The first kappa shape index (κ1) is 16.4. The molecule has 21 heavy (non-hydrogen) atoms. The van der Waals surface area contributed by atoms with E-state index in [4.69, 9.17) is 5.11 Å². The van der Waals surface area contributed by atoms with Crippen LogP contribution in [0.1, 0.15) is 23.7 Å². The maximum Gasteiger partial charge on any atom is 0.335 e. The number of carboxylic acids is 1. The second-order valence-electron chi connectivity index (χ2n) is 5.15. The summed E-state index contributed by atoms with van der Waals surface area (Å²) >= 11 is 3.15. The molecule has 1 aliphatic heterocycles. The molecule has 0 spiro atoms. The Kier molecular flexibility index (Phi) is 4.72. The van der Waals surface area contributed by atoms with E-state index in [2.05, 4.69) is 15.9 Å². The predicted octanol–water partition coefficient (Wildman–Crippen LogP) is 1.54. The third-order valence-corrected chi connectivity index (χ3v) is 6.54. The second kappa shape index (κ2) is 6.04. The lowest BCUT2D eigenvalue weighted by Crippen LogP contribution is -2.45. The number of halogens is 1. The van der Waals surface area contributed by atoms with Gasteiger partial charge in [-0.05, 0) is 46.5 Å². The van der Waals surface area contributed by atoms with Crippen LogP contribution in [0, 0.1) is 5.92 Å². The van der Waals surface area contributed by atoms with Crippen molar-refractivity contribution in [3.05, 3.63) is 28.2 Å². The summed E-state index contributed by atoms with van der Waals surface area (Å²) in [4.78, 5) is 10.9. The van der Waals surface area contributed by atoms with E-state index in [1.807, 2.05) is 6.92 Å². The summed E-state index contributed by atoms with van der Waals surface area (Å²) in [6.45, 7) is 2.20. The highest BCUT2D eigenvalue weighted by Gasteiger charge is 2.34. The number of benzene rings is 1. The van der Waals surface area contributed by atoms with E-state index < -0.39 is 22.1 Å². The number of aromatic carboxylic acids is 1. The van der Waals surface area contributed by atoms with Crippen LogP contribution < -0.4 is 0 Å². The highest BCUT2D eigenvalue weighted by molar-refractivity contribution is 9.10. The Bertz CT molecular complexity index is 661. The summed E-state index contributed by atoms with van der Waals surface area (Å²) in [5.41, 5.74) is -0.0947. The number of rotatable bonds is 3. The molecule has 1 heterocycles. The fourth-order valence-corrected chi connectivity index (χ4v) is 4.63. The number of carboxylic acid groups (broad SMARTS) is 1. The Hall–Kier alpha value is -0.960. The maximum atomic E-state index is 12.6. The number of piperidine rings is 1. The van der Waals surface area contributed by atoms with Gasteiger partial charge in [0, 0.05) is 17.6 Å². The van der Waals surface area contributed by atoms with Crippen molar-refractivity contribution >= 4 is 31.9 Å². The molecule has 2 rings (SSSR count). The summed E-state index contributed by atoms with van der Waals surface area (Å²) in [5.74, 6) is -1.14. The molecule has 1 aromatic rings. The van der Waals surface area contributed by atoms with Crippen LogP contribution in [0.2, 0.25) is 0 Å². The summed E-state index contributed by atoms with van der Waals surface area (Å²) in [6, 6.07) is 3.87. The molecule has 0 radical (unpaired) electrons. The summed E-state index contributed by atoms with van der Waals surface area (Å²) in [5, 5.41) is 18.8. The van der Waals surface area contributed by atoms with Crippen molar-refractivity contribution in [1.82, 2.24) is 4.31 Å². The third kappa shape index (κ3) is 3.28. The zero-order valence-electron chi connectivity index (χ0n) is 11.4. The highest BCUT2D eigenvalue weighted by atomic mass is 79.9. The fourth-order valence-electron chi connectivity index (χ4n) is 2.21. The molecule has 2 unspecified atom stereocenters. The molecule has 1 aliphatic rings. The normalized spacial score (nSPS) is 24.0. The standard InChI is InChI=1S/C13H16BrNO5S/c1-8-4-5-15(7-11(8)16)21(19,20)12-6-9(13(17)18)2-3-10(12)14/h2-3,6,8,11,16H,4-5,7H2,1H3,(H,17,18). The Morgan fingerprint density at radius 3 is 2.67 bits per heavy atom. The predicted molar refractivity (Wildman–Crippen MR) is 79.6 cm³/mol. The Balaban J connectivity index is 2.40. The van der Waals surface area contributed by atoms with Gasteiger partial charge in [0.2, 0.25) is 10.0 Å². The molecule has 2 N–H and O–H groups in total. The molecule has 8 heteroatoms. The molecular weight excluding hydrogens is 362 g/mol. The number of hydrogen-bond acceptors (Lipinski definition) is 4. The van der Waals surface area contributed by atoms with Crippen LogP contribution in [0.15, 0.2) is 27.6 Å². The van der Waals surface area contributed by atoms with Crippen molar-refractivity contribution in [1.29, 1.82) is 0 Å². The minimum atomic E-state index is -3.84. The van der Waals surface area contributed by atoms with Gasteiger partial charge in [0.15, 0.2) is 0 Å². The van der Waals surface area contributed by atoms with Gasteiger partial charge in [-0.1, -0.05) is 6.92 Å².